The van der Waals surface area contributed by atoms with Crippen molar-refractivity contribution in [3.05, 3.63) is 128 Å². The monoisotopic (exact) mass is 475 g/mol. The van der Waals surface area contributed by atoms with Crippen LogP contribution in [-0.4, -0.2) is 24.5 Å². The first-order valence-electron chi connectivity index (χ1n) is 12.1. The molecule has 5 heteroatoms. The first kappa shape index (κ1) is 21.1. The molecule has 0 radical (unpaired) electrons. The smallest absolute Gasteiger partial charge is 0.160 e. The van der Waals surface area contributed by atoms with Crippen molar-refractivity contribution in [2.45, 2.75) is 0 Å². The van der Waals surface area contributed by atoms with Crippen LogP contribution < -0.4 is 0 Å². The highest BCUT2D eigenvalue weighted by Crippen LogP contribution is 2.33. The van der Waals surface area contributed by atoms with Gasteiger partial charge in [-0.15, -0.1) is 0 Å². The van der Waals surface area contributed by atoms with Gasteiger partial charge in [-0.25, -0.2) is 9.97 Å². The predicted molar refractivity (Wildman–Crippen MR) is 148 cm³/mol. The quantitative estimate of drug-likeness (QED) is 0.267. The second-order valence-electron chi connectivity index (χ2n) is 8.84. The Labute approximate surface area is 213 Å². The van der Waals surface area contributed by atoms with Crippen molar-refractivity contribution >= 4 is 21.8 Å². The van der Waals surface area contributed by atoms with E-state index in [1.54, 1.807) is 18.6 Å². The summed E-state index contributed by atoms with van der Waals surface area (Å²) < 4.78 is 2.31. The molecule has 0 aliphatic heterocycles. The zero-order valence-corrected chi connectivity index (χ0v) is 19.9. The van der Waals surface area contributed by atoms with Gasteiger partial charge in [0.05, 0.1) is 28.6 Å². The summed E-state index contributed by atoms with van der Waals surface area (Å²) in [5.41, 5.74) is 7.74. The highest BCUT2D eigenvalue weighted by Gasteiger charge is 2.14. The molecule has 0 amide bonds. The molecule has 0 saturated carbocycles. The summed E-state index contributed by atoms with van der Waals surface area (Å²) in [4.78, 5) is 18.4. The lowest BCUT2D eigenvalue weighted by Crippen LogP contribution is -1.98. The fourth-order valence-corrected chi connectivity index (χ4v) is 4.86. The molecule has 3 heterocycles. The van der Waals surface area contributed by atoms with Gasteiger partial charge in [-0.1, -0.05) is 78.9 Å². The molecule has 0 bridgehead atoms. The Kier molecular flexibility index (Phi) is 5.03. The Bertz CT molecular complexity index is 1750. The summed E-state index contributed by atoms with van der Waals surface area (Å²) in [6.07, 6.45) is 5.07. The van der Waals surface area contributed by atoms with E-state index in [9.17, 15) is 0 Å². The topological polar surface area (TPSA) is 56.5 Å². The van der Waals surface area contributed by atoms with Gasteiger partial charge in [-0.2, -0.15) is 0 Å². The maximum Gasteiger partial charge on any atom is 0.160 e. The highest BCUT2D eigenvalue weighted by molar-refractivity contribution is 6.09. The zero-order chi connectivity index (χ0) is 24.6. The van der Waals surface area contributed by atoms with Crippen molar-refractivity contribution < 1.29 is 0 Å². The molecule has 3 aromatic heterocycles. The third kappa shape index (κ3) is 3.74. The lowest BCUT2D eigenvalue weighted by atomic mass is 10.1. The fourth-order valence-electron chi connectivity index (χ4n) is 4.86. The predicted octanol–water partition coefficient (Wildman–Crippen LogP) is 7.36. The lowest BCUT2D eigenvalue weighted by Gasteiger charge is -2.11. The molecule has 0 N–H and O–H groups in total. The van der Waals surface area contributed by atoms with Crippen LogP contribution in [0.1, 0.15) is 0 Å². The van der Waals surface area contributed by atoms with E-state index in [1.165, 1.54) is 21.8 Å². The number of rotatable bonds is 4. The Morgan fingerprint density at radius 3 is 1.84 bits per heavy atom. The van der Waals surface area contributed by atoms with E-state index in [2.05, 4.69) is 87.3 Å². The molecule has 0 fully saturated rings. The van der Waals surface area contributed by atoms with Gasteiger partial charge in [0.15, 0.2) is 5.82 Å². The van der Waals surface area contributed by atoms with Gasteiger partial charge in [0.2, 0.25) is 0 Å². The molecular weight excluding hydrogens is 454 g/mol. The summed E-state index contributed by atoms with van der Waals surface area (Å²) in [5.74, 6) is 0.658. The summed E-state index contributed by atoms with van der Waals surface area (Å²) >= 11 is 0. The van der Waals surface area contributed by atoms with E-state index in [1.807, 2.05) is 36.4 Å². The minimum atomic E-state index is 0.658. The van der Waals surface area contributed by atoms with E-state index >= 15 is 0 Å². The SMILES string of the molecule is c1ccc(-c2nc(-c3ccc(-n4c5ccccc5c5ccccc54)cc3)cc(-c3cnccn3)n2)cc1. The van der Waals surface area contributed by atoms with Gasteiger partial charge in [0.25, 0.3) is 0 Å². The fraction of sp³-hybridized carbons (Fsp3) is 0. The minimum absolute atomic E-state index is 0.658. The lowest BCUT2D eigenvalue weighted by molar-refractivity contribution is 1.14. The largest absolute Gasteiger partial charge is 0.309 e. The van der Waals surface area contributed by atoms with Crippen LogP contribution in [0.3, 0.4) is 0 Å². The van der Waals surface area contributed by atoms with Crippen LogP contribution >= 0.6 is 0 Å². The molecule has 4 aromatic carbocycles. The maximum atomic E-state index is 4.93. The Morgan fingerprint density at radius 2 is 1.16 bits per heavy atom. The molecule has 0 spiro atoms. The van der Waals surface area contributed by atoms with Crippen LogP contribution in [-0.2, 0) is 0 Å². The van der Waals surface area contributed by atoms with E-state index in [0.29, 0.717) is 11.5 Å². The number of fused-ring (bicyclic) bond motifs is 3. The highest BCUT2D eigenvalue weighted by atomic mass is 15.0. The molecule has 0 saturated heterocycles. The van der Waals surface area contributed by atoms with Gasteiger partial charge >= 0.3 is 0 Å². The molecule has 0 atom stereocenters. The van der Waals surface area contributed by atoms with Gasteiger partial charge in [-0.05, 0) is 30.3 Å². The Hall–Kier alpha value is -5.16. The van der Waals surface area contributed by atoms with Crippen molar-refractivity contribution in [3.63, 3.8) is 0 Å². The van der Waals surface area contributed by atoms with Crippen molar-refractivity contribution in [2.24, 2.45) is 0 Å². The summed E-state index contributed by atoms with van der Waals surface area (Å²) in [5, 5.41) is 2.50. The van der Waals surface area contributed by atoms with Gasteiger partial charge in [-0.3, -0.25) is 9.97 Å². The number of hydrogen-bond donors (Lipinski definition) is 0. The maximum absolute atomic E-state index is 4.93. The van der Waals surface area contributed by atoms with Gasteiger partial charge in [0.1, 0.15) is 5.69 Å². The molecule has 7 rings (SSSR count). The van der Waals surface area contributed by atoms with Crippen LogP contribution in [0.2, 0.25) is 0 Å². The van der Waals surface area contributed by atoms with Gasteiger partial charge < -0.3 is 4.57 Å². The van der Waals surface area contributed by atoms with E-state index in [0.717, 1.165) is 28.2 Å². The van der Waals surface area contributed by atoms with E-state index < -0.39 is 0 Å². The minimum Gasteiger partial charge on any atom is -0.309 e. The number of hydrogen-bond acceptors (Lipinski definition) is 4. The third-order valence-electron chi connectivity index (χ3n) is 6.59. The Morgan fingerprint density at radius 1 is 0.514 bits per heavy atom. The molecule has 5 nitrogen and oxygen atoms in total. The molecule has 174 valence electrons. The van der Waals surface area contributed by atoms with Crippen molar-refractivity contribution in [1.82, 2.24) is 24.5 Å². The second kappa shape index (κ2) is 8.81. The number of nitrogens with zero attached hydrogens (tertiary/aromatic N) is 5. The second-order valence-corrected chi connectivity index (χ2v) is 8.84. The normalized spacial score (nSPS) is 11.2. The Balaban J connectivity index is 1.37. The molecule has 7 aromatic rings. The number of aromatic nitrogens is 5. The standard InChI is InChI=1S/C32H21N5/c1-2-8-23(9-3-1)32-35-27(20-28(36-32)29-21-33-18-19-34-29)22-14-16-24(17-15-22)37-30-12-6-4-10-25(30)26-11-5-7-13-31(26)37/h1-21H. The molecule has 0 aliphatic carbocycles. The van der Waals surface area contributed by atoms with Crippen molar-refractivity contribution in [2.75, 3.05) is 0 Å². The summed E-state index contributed by atoms with van der Waals surface area (Å²) in [7, 11) is 0. The average Bonchev–Trinajstić information content (AvgIpc) is 3.32. The first-order valence-corrected chi connectivity index (χ1v) is 12.1. The van der Waals surface area contributed by atoms with Gasteiger partial charge in [0, 0.05) is 40.0 Å². The molecule has 0 unspecified atom stereocenters. The van der Waals surface area contributed by atoms with E-state index in [-0.39, 0.29) is 0 Å². The first-order chi connectivity index (χ1) is 18.3. The van der Waals surface area contributed by atoms with Crippen LogP contribution in [0.25, 0.3) is 61.5 Å². The van der Waals surface area contributed by atoms with Crippen molar-refractivity contribution in [1.29, 1.82) is 0 Å². The average molecular weight is 476 g/mol. The zero-order valence-electron chi connectivity index (χ0n) is 19.9. The molecule has 37 heavy (non-hydrogen) atoms. The van der Waals surface area contributed by atoms with Crippen LogP contribution in [0, 0.1) is 0 Å². The van der Waals surface area contributed by atoms with E-state index in [4.69, 9.17) is 9.97 Å². The summed E-state index contributed by atoms with van der Waals surface area (Å²) in [6.45, 7) is 0. The van der Waals surface area contributed by atoms with Crippen molar-refractivity contribution in [3.8, 4) is 39.7 Å². The van der Waals surface area contributed by atoms with Crippen LogP contribution in [0.5, 0.6) is 0 Å². The van der Waals surface area contributed by atoms with Crippen LogP contribution in [0.15, 0.2) is 128 Å². The third-order valence-corrected chi connectivity index (χ3v) is 6.59. The number of para-hydroxylation sites is 2. The van der Waals surface area contributed by atoms with Crippen LogP contribution in [0.4, 0.5) is 0 Å². The molecular formula is C32H21N5. The number of benzene rings is 4. The summed E-state index contributed by atoms with van der Waals surface area (Å²) in [6, 6.07) is 37.6. The molecule has 0 aliphatic rings.